The first kappa shape index (κ1) is 20.5. The molecule has 1 aromatic carbocycles. The van der Waals surface area contributed by atoms with Crippen LogP contribution >= 0.6 is 0 Å². The summed E-state index contributed by atoms with van der Waals surface area (Å²) in [5, 5.41) is 22.4. The molecular weight excluding hydrogens is 430 g/mol. The number of aromatic hydroxyl groups is 1. The summed E-state index contributed by atoms with van der Waals surface area (Å²) >= 11 is 0. The predicted molar refractivity (Wildman–Crippen MR) is 116 cm³/mol. The third-order valence-electron chi connectivity index (χ3n) is 7.81. The summed E-state index contributed by atoms with van der Waals surface area (Å²) < 4.78 is 18.9. The second-order valence-electron chi connectivity index (χ2n) is 9.17. The first-order chi connectivity index (χ1) is 15.8. The van der Waals surface area contributed by atoms with Crippen LogP contribution in [0.1, 0.15) is 29.2 Å². The Morgan fingerprint density at radius 3 is 2.61 bits per heavy atom. The summed E-state index contributed by atoms with van der Waals surface area (Å²) in [6.45, 7) is 0.364. The molecule has 1 saturated heterocycles. The Morgan fingerprint density at radius 2 is 1.88 bits per heavy atom. The van der Waals surface area contributed by atoms with E-state index in [1.807, 2.05) is 29.2 Å². The number of fused-ring (bicyclic) bond motifs is 2. The molecule has 0 radical (unpaired) electrons. The molecule has 10 heteroatoms. The van der Waals surface area contributed by atoms with Gasteiger partial charge < -0.3 is 24.4 Å². The minimum absolute atomic E-state index is 0.0834. The van der Waals surface area contributed by atoms with E-state index in [9.17, 15) is 19.8 Å². The average molecular weight is 455 g/mol. The molecular formula is C23H25N3O7. The molecule has 33 heavy (non-hydrogen) atoms. The smallest absolute Gasteiger partial charge is 0.333 e. The van der Waals surface area contributed by atoms with Gasteiger partial charge in [-0.1, -0.05) is 12.2 Å². The van der Waals surface area contributed by atoms with Gasteiger partial charge in [-0.15, -0.1) is 0 Å². The summed E-state index contributed by atoms with van der Waals surface area (Å²) in [5.74, 6) is 0.729. The maximum Gasteiger partial charge on any atom is 0.333 e. The Morgan fingerprint density at radius 1 is 1.15 bits per heavy atom. The lowest BCUT2D eigenvalue weighted by Crippen LogP contribution is -2.54. The third-order valence-corrected chi connectivity index (χ3v) is 7.81. The number of rotatable bonds is 2. The van der Waals surface area contributed by atoms with Crippen molar-refractivity contribution in [2.24, 2.45) is 14.1 Å². The zero-order valence-electron chi connectivity index (χ0n) is 18.5. The SMILES string of the molecule is CO[C@@H]1C=C[C@@]23c4cc5c(cc4[C@H](c4c(O)n(C)c(=O)n(C)c4=O)N(C[C@@H]2O)[C@@H]3C1)OCO5. The van der Waals surface area contributed by atoms with Gasteiger partial charge in [0.05, 0.1) is 29.2 Å². The van der Waals surface area contributed by atoms with Crippen LogP contribution in [0.3, 0.4) is 0 Å². The largest absolute Gasteiger partial charge is 0.494 e. The van der Waals surface area contributed by atoms with Gasteiger partial charge in [-0.3, -0.25) is 18.8 Å². The predicted octanol–water partition coefficient (Wildman–Crippen LogP) is -0.121. The summed E-state index contributed by atoms with van der Waals surface area (Å²) in [6, 6.07) is 2.82. The van der Waals surface area contributed by atoms with Crippen molar-refractivity contribution in [1.29, 1.82) is 0 Å². The lowest BCUT2D eigenvalue weighted by molar-refractivity contribution is 0.0586. The number of ether oxygens (including phenoxy) is 3. The molecule has 6 rings (SSSR count). The summed E-state index contributed by atoms with van der Waals surface area (Å²) in [5.41, 5.74) is -0.260. The maximum absolute atomic E-state index is 13.3. The van der Waals surface area contributed by atoms with Crippen LogP contribution < -0.4 is 20.7 Å². The van der Waals surface area contributed by atoms with Crippen molar-refractivity contribution in [3.05, 3.63) is 61.8 Å². The molecule has 1 fully saturated rings. The number of aliphatic hydroxyl groups is 1. The van der Waals surface area contributed by atoms with Crippen LogP contribution in [0.15, 0.2) is 33.9 Å². The van der Waals surface area contributed by atoms with Crippen LogP contribution in [0.2, 0.25) is 0 Å². The van der Waals surface area contributed by atoms with Crippen molar-refractivity contribution < 1.29 is 24.4 Å². The van der Waals surface area contributed by atoms with Crippen LogP contribution in [-0.2, 0) is 24.2 Å². The van der Waals surface area contributed by atoms with Crippen LogP contribution in [0.5, 0.6) is 17.4 Å². The minimum atomic E-state index is -0.751. The first-order valence-electron chi connectivity index (χ1n) is 10.9. The maximum atomic E-state index is 13.3. The van der Waals surface area contributed by atoms with E-state index in [0.29, 0.717) is 17.9 Å². The third kappa shape index (κ3) is 2.43. The van der Waals surface area contributed by atoms with E-state index < -0.39 is 28.8 Å². The monoisotopic (exact) mass is 455 g/mol. The zero-order chi connectivity index (χ0) is 23.2. The molecule has 0 amide bonds. The lowest BCUT2D eigenvalue weighted by Gasteiger charge is -2.49. The van der Waals surface area contributed by atoms with E-state index >= 15 is 0 Å². The van der Waals surface area contributed by atoms with Gasteiger partial charge in [0.15, 0.2) is 11.5 Å². The van der Waals surface area contributed by atoms with E-state index in [1.54, 1.807) is 7.11 Å². The standard InChI is InChI=1S/C23H25N3O7/c1-24-20(28)18(21(29)25(2)22(24)30)19-12-7-14-15(33-10-32-14)8-13(12)23-5-4-11(31-3)6-16(23)26(19)9-17(23)27/h4-5,7-8,11,16-17,19,27-28H,6,9-10H2,1-3H3/t11-,16-,17+,19-,23+/m1/s1. The number of aliphatic hydroxyl groups excluding tert-OH is 1. The molecule has 1 unspecified atom stereocenters. The van der Waals surface area contributed by atoms with Gasteiger partial charge in [-0.2, -0.15) is 0 Å². The van der Waals surface area contributed by atoms with Gasteiger partial charge in [-0.25, -0.2) is 4.79 Å². The number of methoxy groups -OCH3 is 1. The highest BCUT2D eigenvalue weighted by Crippen LogP contribution is 2.58. The van der Waals surface area contributed by atoms with Gasteiger partial charge >= 0.3 is 5.69 Å². The Labute approximate surface area is 188 Å². The van der Waals surface area contributed by atoms with Gasteiger partial charge in [0.1, 0.15) is 0 Å². The van der Waals surface area contributed by atoms with Gasteiger partial charge in [-0.05, 0) is 29.7 Å². The normalized spacial score (nSPS) is 33.2. The molecule has 0 spiro atoms. The minimum Gasteiger partial charge on any atom is -0.494 e. The fourth-order valence-electron chi connectivity index (χ4n) is 6.16. The van der Waals surface area contributed by atoms with Crippen molar-refractivity contribution >= 4 is 0 Å². The molecule has 1 aromatic heterocycles. The Balaban J connectivity index is 1.69. The highest BCUT2D eigenvalue weighted by Gasteiger charge is 2.62. The number of hydrogen-bond donors (Lipinski definition) is 2. The fraction of sp³-hybridized carbons (Fsp3) is 0.478. The van der Waals surface area contributed by atoms with E-state index in [1.165, 1.54) is 14.1 Å². The van der Waals surface area contributed by atoms with Crippen molar-refractivity contribution in [3.8, 4) is 17.4 Å². The molecule has 2 bridgehead atoms. The molecule has 4 aliphatic rings. The molecule has 2 N–H and O–H groups in total. The molecule has 174 valence electrons. The highest BCUT2D eigenvalue weighted by molar-refractivity contribution is 5.60. The van der Waals surface area contributed by atoms with Crippen LogP contribution in [-0.4, -0.2) is 62.9 Å². The number of benzene rings is 1. The zero-order valence-corrected chi connectivity index (χ0v) is 18.5. The Hall–Kier alpha value is -3.08. The van der Waals surface area contributed by atoms with Gasteiger partial charge in [0.25, 0.3) is 5.56 Å². The van der Waals surface area contributed by atoms with Crippen molar-refractivity contribution in [1.82, 2.24) is 14.0 Å². The van der Waals surface area contributed by atoms with Crippen LogP contribution in [0.25, 0.3) is 0 Å². The molecule has 6 atom stereocenters. The first-order valence-corrected chi connectivity index (χ1v) is 10.9. The van der Waals surface area contributed by atoms with Gasteiger partial charge in [0.2, 0.25) is 12.7 Å². The van der Waals surface area contributed by atoms with Crippen LogP contribution in [0, 0.1) is 0 Å². The molecule has 2 aromatic rings. The Kier molecular flexibility index (Phi) is 4.18. The van der Waals surface area contributed by atoms with E-state index in [0.717, 1.165) is 20.3 Å². The highest BCUT2D eigenvalue weighted by atomic mass is 16.7. The fourth-order valence-corrected chi connectivity index (χ4v) is 6.16. The van der Waals surface area contributed by atoms with E-state index in [-0.39, 0.29) is 36.9 Å². The number of nitrogens with zero attached hydrogens (tertiary/aromatic N) is 3. The summed E-state index contributed by atoms with van der Waals surface area (Å²) in [4.78, 5) is 27.8. The molecule has 1 aliphatic carbocycles. The van der Waals surface area contributed by atoms with E-state index in [4.69, 9.17) is 14.2 Å². The summed E-state index contributed by atoms with van der Waals surface area (Å²) in [7, 11) is 4.46. The molecule has 10 nitrogen and oxygen atoms in total. The van der Waals surface area contributed by atoms with Crippen molar-refractivity contribution in [2.75, 3.05) is 20.4 Å². The van der Waals surface area contributed by atoms with Crippen molar-refractivity contribution in [3.63, 3.8) is 0 Å². The summed E-state index contributed by atoms with van der Waals surface area (Å²) in [6.07, 6.45) is 3.68. The average Bonchev–Trinajstić information content (AvgIpc) is 3.37. The second kappa shape index (κ2) is 6.72. The van der Waals surface area contributed by atoms with E-state index in [2.05, 4.69) is 0 Å². The van der Waals surface area contributed by atoms with Crippen LogP contribution in [0.4, 0.5) is 0 Å². The Bertz CT molecular complexity index is 1330. The second-order valence-corrected chi connectivity index (χ2v) is 9.17. The lowest BCUT2D eigenvalue weighted by atomic mass is 9.63. The van der Waals surface area contributed by atoms with Crippen molar-refractivity contribution in [2.45, 2.75) is 36.1 Å². The molecule has 3 aliphatic heterocycles. The quantitative estimate of drug-likeness (QED) is 0.603. The topological polar surface area (TPSA) is 115 Å². The molecule has 4 heterocycles. The van der Waals surface area contributed by atoms with Gasteiger partial charge in [0, 0.05) is 33.8 Å². The number of hydrogen-bond acceptors (Lipinski definition) is 8. The number of aromatic nitrogens is 2. The molecule has 0 saturated carbocycles.